The number of hydrogen-bond donors (Lipinski definition) is 0. The molecule has 0 saturated carbocycles. The van der Waals surface area contributed by atoms with Gasteiger partial charge in [-0.15, -0.1) is 0 Å². The molecule has 8 aromatic carbocycles. The molecular weight excluding hydrogens is 711 g/mol. The van der Waals surface area contributed by atoms with Crippen LogP contribution < -0.4 is 20.9 Å². The maximum atomic E-state index is 6.68. The van der Waals surface area contributed by atoms with E-state index in [0.29, 0.717) is 5.82 Å². The Morgan fingerprint density at radius 2 is 1.11 bits per heavy atom. The van der Waals surface area contributed by atoms with Gasteiger partial charge >= 0.3 is 0 Å². The third kappa shape index (κ3) is 4.55. The SMILES string of the molecule is c1ccc(-c2nc(-c3cccc(-n4c5ccccc5c5ccc6c7ccccc7oc6c54)c3)nc3c2-c2ccccc2[Si]3(c2ccccc2)c2ccccc2)cc1. The number of furan rings is 1. The predicted octanol–water partition coefficient (Wildman–Crippen LogP) is 10.2. The maximum absolute atomic E-state index is 6.68. The summed E-state index contributed by atoms with van der Waals surface area (Å²) >= 11 is 0. The molecule has 11 aromatic rings. The Bertz CT molecular complexity index is 3310. The molecule has 0 fully saturated rings. The van der Waals surface area contributed by atoms with E-state index in [9.17, 15) is 0 Å². The van der Waals surface area contributed by atoms with Gasteiger partial charge in [-0.25, -0.2) is 9.97 Å². The van der Waals surface area contributed by atoms with Gasteiger partial charge in [0.15, 0.2) is 11.4 Å². The Morgan fingerprint density at radius 1 is 0.474 bits per heavy atom. The molecule has 1 aliphatic rings. The molecule has 0 radical (unpaired) electrons. The van der Waals surface area contributed by atoms with Gasteiger partial charge in [0.05, 0.1) is 22.0 Å². The topological polar surface area (TPSA) is 43.9 Å². The number of aromatic nitrogens is 3. The number of para-hydroxylation sites is 2. The molecule has 0 atom stereocenters. The van der Waals surface area contributed by atoms with E-state index in [1.165, 1.54) is 26.5 Å². The zero-order valence-corrected chi connectivity index (χ0v) is 31.8. The number of fused-ring (bicyclic) bond motifs is 10. The second kappa shape index (κ2) is 12.3. The van der Waals surface area contributed by atoms with E-state index < -0.39 is 8.07 Å². The quantitative estimate of drug-likeness (QED) is 0.165. The molecule has 4 nitrogen and oxygen atoms in total. The Labute approximate surface area is 330 Å². The molecule has 0 unspecified atom stereocenters. The fraction of sp³-hybridized carbons (Fsp3) is 0. The predicted molar refractivity (Wildman–Crippen MR) is 237 cm³/mol. The molecule has 57 heavy (non-hydrogen) atoms. The highest BCUT2D eigenvalue weighted by molar-refractivity contribution is 7.21. The van der Waals surface area contributed by atoms with E-state index in [2.05, 4.69) is 199 Å². The van der Waals surface area contributed by atoms with Crippen molar-refractivity contribution in [2.75, 3.05) is 0 Å². The van der Waals surface area contributed by atoms with Gasteiger partial charge in [0, 0.05) is 43.9 Å². The molecule has 0 saturated heterocycles. The van der Waals surface area contributed by atoms with Crippen LogP contribution in [0.5, 0.6) is 0 Å². The van der Waals surface area contributed by atoms with Crippen LogP contribution in [0.15, 0.2) is 205 Å². The third-order valence-electron chi connectivity index (χ3n) is 11.9. The first-order valence-corrected chi connectivity index (χ1v) is 21.4. The fourth-order valence-electron chi connectivity index (χ4n) is 9.49. The van der Waals surface area contributed by atoms with Crippen molar-refractivity contribution in [2.24, 2.45) is 0 Å². The monoisotopic (exact) mass is 743 g/mol. The second-order valence-electron chi connectivity index (χ2n) is 14.9. The number of hydrogen-bond acceptors (Lipinski definition) is 3. The van der Waals surface area contributed by atoms with Gasteiger partial charge in [-0.3, -0.25) is 0 Å². The highest BCUT2D eigenvalue weighted by Crippen LogP contribution is 2.41. The first-order chi connectivity index (χ1) is 28.3. The molecule has 1 aliphatic heterocycles. The van der Waals surface area contributed by atoms with E-state index in [1.54, 1.807) is 0 Å². The average Bonchev–Trinajstić information content (AvgIpc) is 3.94. The van der Waals surface area contributed by atoms with Crippen molar-refractivity contribution in [3.63, 3.8) is 0 Å². The Hall–Kier alpha value is -7.34. The zero-order valence-electron chi connectivity index (χ0n) is 30.8. The summed E-state index contributed by atoms with van der Waals surface area (Å²) in [5.74, 6) is 0.709. The molecule has 0 aliphatic carbocycles. The summed E-state index contributed by atoms with van der Waals surface area (Å²) in [5, 5.41) is 9.63. The lowest BCUT2D eigenvalue weighted by Gasteiger charge is -2.30. The van der Waals surface area contributed by atoms with Crippen LogP contribution in [-0.4, -0.2) is 22.6 Å². The van der Waals surface area contributed by atoms with E-state index >= 15 is 0 Å². The molecule has 0 amide bonds. The Balaban J connectivity index is 1.16. The minimum absolute atomic E-state index is 0.709. The van der Waals surface area contributed by atoms with Crippen molar-refractivity contribution in [3.05, 3.63) is 200 Å². The summed E-state index contributed by atoms with van der Waals surface area (Å²) in [6, 6.07) is 71.8. The van der Waals surface area contributed by atoms with Crippen LogP contribution >= 0.6 is 0 Å². The molecule has 0 bridgehead atoms. The van der Waals surface area contributed by atoms with Crippen LogP contribution in [0.3, 0.4) is 0 Å². The standard InChI is InChI=1S/C52H33N3OSi/c1-4-17-34(18-5-1)48-47-43-27-12-15-30-46(43)57(37-21-6-2-7-22-37,38-23-8-3-9-24-38)52(47)54-51(53-48)35-19-16-20-36(33-35)55-44-28-13-10-25-39(44)41-31-32-42-40-26-11-14-29-45(40)56-50(42)49(41)55/h1-33H. The first-order valence-electron chi connectivity index (χ1n) is 19.4. The lowest BCUT2D eigenvalue weighted by Crippen LogP contribution is -2.73. The maximum Gasteiger partial charge on any atom is 0.203 e. The van der Waals surface area contributed by atoms with Crippen molar-refractivity contribution in [1.82, 2.24) is 14.5 Å². The highest BCUT2D eigenvalue weighted by atomic mass is 28.3. The molecular formula is C52H33N3OSi. The highest BCUT2D eigenvalue weighted by Gasteiger charge is 2.51. The Morgan fingerprint density at radius 3 is 1.89 bits per heavy atom. The lowest BCUT2D eigenvalue weighted by molar-refractivity contribution is 0.671. The van der Waals surface area contributed by atoms with Crippen molar-refractivity contribution >= 4 is 72.7 Å². The van der Waals surface area contributed by atoms with E-state index in [-0.39, 0.29) is 0 Å². The largest absolute Gasteiger partial charge is 0.454 e. The fourth-order valence-corrected chi connectivity index (χ4v) is 14.5. The summed E-state index contributed by atoms with van der Waals surface area (Å²) in [6.45, 7) is 0. The summed E-state index contributed by atoms with van der Waals surface area (Å²) < 4.78 is 9.04. The average molecular weight is 744 g/mol. The summed E-state index contributed by atoms with van der Waals surface area (Å²) in [5.41, 5.74) is 10.3. The smallest absolute Gasteiger partial charge is 0.203 e. The van der Waals surface area contributed by atoms with Crippen LogP contribution in [0, 0.1) is 0 Å². The van der Waals surface area contributed by atoms with Crippen molar-refractivity contribution in [2.45, 2.75) is 0 Å². The molecule has 5 heteroatoms. The van der Waals surface area contributed by atoms with Crippen molar-refractivity contribution in [1.29, 1.82) is 0 Å². The minimum atomic E-state index is -2.91. The van der Waals surface area contributed by atoms with E-state index in [1.807, 2.05) is 6.07 Å². The third-order valence-corrected chi connectivity index (χ3v) is 16.6. The van der Waals surface area contributed by atoms with E-state index in [4.69, 9.17) is 14.4 Å². The zero-order chi connectivity index (χ0) is 37.5. The van der Waals surface area contributed by atoms with Crippen LogP contribution in [-0.2, 0) is 0 Å². The first kappa shape index (κ1) is 32.0. The normalized spacial score (nSPS) is 13.1. The van der Waals surface area contributed by atoms with Gasteiger partial charge in [-0.05, 0) is 51.5 Å². The van der Waals surface area contributed by atoms with Gasteiger partial charge in [-0.2, -0.15) is 0 Å². The Kier molecular flexibility index (Phi) is 6.91. The van der Waals surface area contributed by atoms with Crippen molar-refractivity contribution in [3.8, 4) is 39.5 Å². The van der Waals surface area contributed by atoms with Gasteiger partial charge in [-0.1, -0.05) is 170 Å². The molecule has 0 N–H and O–H groups in total. The minimum Gasteiger partial charge on any atom is -0.454 e. The molecule has 4 heterocycles. The second-order valence-corrected chi connectivity index (χ2v) is 18.5. The number of benzene rings is 8. The molecule has 12 rings (SSSR count). The summed E-state index contributed by atoms with van der Waals surface area (Å²) in [6.07, 6.45) is 0. The van der Waals surface area contributed by atoms with Gasteiger partial charge < -0.3 is 8.98 Å². The molecule has 0 spiro atoms. The molecule has 266 valence electrons. The lowest BCUT2D eigenvalue weighted by atomic mass is 10.0. The number of nitrogens with zero attached hydrogens (tertiary/aromatic N) is 3. The van der Waals surface area contributed by atoms with Crippen LogP contribution in [0.1, 0.15) is 0 Å². The number of rotatable bonds is 5. The van der Waals surface area contributed by atoms with Crippen LogP contribution in [0.4, 0.5) is 0 Å². The van der Waals surface area contributed by atoms with Crippen LogP contribution in [0.2, 0.25) is 0 Å². The summed E-state index contributed by atoms with van der Waals surface area (Å²) in [7, 11) is -2.91. The van der Waals surface area contributed by atoms with Gasteiger partial charge in [0.25, 0.3) is 0 Å². The van der Waals surface area contributed by atoms with E-state index in [0.717, 1.165) is 71.7 Å². The van der Waals surface area contributed by atoms with Gasteiger partial charge in [0.2, 0.25) is 8.07 Å². The van der Waals surface area contributed by atoms with Gasteiger partial charge in [0.1, 0.15) is 5.58 Å². The van der Waals surface area contributed by atoms with Crippen molar-refractivity contribution < 1.29 is 4.42 Å². The van der Waals surface area contributed by atoms with Crippen LogP contribution in [0.25, 0.3) is 83.2 Å². The summed E-state index contributed by atoms with van der Waals surface area (Å²) in [4.78, 5) is 11.3. The molecule has 3 aromatic heterocycles.